The molecule has 0 aliphatic heterocycles. The molecular formula is C77H150O17P2. The predicted octanol–water partition coefficient (Wildman–Crippen LogP) is 22.6. The summed E-state index contributed by atoms with van der Waals surface area (Å²) in [6.45, 7) is 11.9. The number of esters is 4. The van der Waals surface area contributed by atoms with E-state index in [-0.39, 0.29) is 25.7 Å². The molecule has 0 amide bonds. The summed E-state index contributed by atoms with van der Waals surface area (Å²) in [6, 6.07) is 0. The molecule has 0 aliphatic rings. The van der Waals surface area contributed by atoms with Crippen molar-refractivity contribution in [3.63, 3.8) is 0 Å². The summed E-state index contributed by atoms with van der Waals surface area (Å²) in [5.41, 5.74) is 0. The van der Waals surface area contributed by atoms with E-state index in [2.05, 4.69) is 48.5 Å². The van der Waals surface area contributed by atoms with Crippen LogP contribution in [-0.4, -0.2) is 96.7 Å². The Morgan fingerprint density at radius 3 is 0.792 bits per heavy atom. The van der Waals surface area contributed by atoms with Gasteiger partial charge in [0.15, 0.2) is 12.2 Å². The molecule has 0 aliphatic carbocycles. The minimum atomic E-state index is -4.96. The van der Waals surface area contributed by atoms with Gasteiger partial charge in [0.1, 0.15) is 19.3 Å². The molecule has 0 fully saturated rings. The lowest BCUT2D eigenvalue weighted by molar-refractivity contribution is -0.161. The number of phosphoric ester groups is 2. The molecule has 0 aromatic rings. The molecule has 0 aromatic carbocycles. The van der Waals surface area contributed by atoms with Gasteiger partial charge in [-0.1, -0.05) is 344 Å². The van der Waals surface area contributed by atoms with Crippen LogP contribution >= 0.6 is 15.6 Å². The van der Waals surface area contributed by atoms with E-state index in [1.807, 2.05) is 0 Å². The van der Waals surface area contributed by atoms with Crippen LogP contribution in [0.5, 0.6) is 0 Å². The Bertz CT molecular complexity index is 1870. The van der Waals surface area contributed by atoms with E-state index in [0.717, 1.165) is 120 Å². The van der Waals surface area contributed by atoms with E-state index in [1.165, 1.54) is 193 Å². The van der Waals surface area contributed by atoms with Crippen molar-refractivity contribution in [3.8, 4) is 0 Å². The molecule has 0 saturated heterocycles. The molecule has 0 rings (SSSR count). The van der Waals surface area contributed by atoms with Crippen LogP contribution < -0.4 is 0 Å². The molecule has 0 radical (unpaired) electrons. The first-order valence-electron chi connectivity index (χ1n) is 39.9. The number of hydrogen-bond donors (Lipinski definition) is 3. The maximum atomic E-state index is 13.1. The maximum Gasteiger partial charge on any atom is 0.472 e. The number of rotatable bonds is 75. The summed E-state index contributed by atoms with van der Waals surface area (Å²) in [5.74, 6) is 0.267. The topological polar surface area (TPSA) is 237 Å². The number of carbonyl (C=O) groups is 4. The molecule has 0 saturated carbocycles. The fraction of sp³-hybridized carbons (Fsp3) is 0.948. The van der Waals surface area contributed by atoms with E-state index >= 15 is 0 Å². The van der Waals surface area contributed by atoms with Crippen molar-refractivity contribution in [2.24, 2.45) is 17.8 Å². The standard InChI is InChI=1S/C77H150O17P2/c1-8-10-11-12-34-44-51-58-74(79)87-64-72(93-77(82)61-54-47-40-33-27-29-36-42-49-56-69(5)6)66-91-95(83,84)89-62-71(78)63-90-96(85,86)92-67-73(65-88-75(80)59-52-45-38-31-25-22-21-23-28-35-41-48-55-68(3)4)94-76(81)60-53-46-39-32-26-20-18-16-14-13-15-17-19-24-30-37-43-50-57-70(7)9-2/h68-73,78H,8-67H2,1-7H3,(H,83,84)(H,85,86)/t70?,71-,72+,73+/m0/s1. The van der Waals surface area contributed by atoms with Gasteiger partial charge in [-0.3, -0.25) is 37.3 Å². The highest BCUT2D eigenvalue weighted by Gasteiger charge is 2.30. The lowest BCUT2D eigenvalue weighted by Crippen LogP contribution is -2.30. The zero-order valence-corrected chi connectivity index (χ0v) is 64.6. The Balaban J connectivity index is 5.16. The van der Waals surface area contributed by atoms with Crippen molar-refractivity contribution < 1.29 is 80.2 Å². The molecule has 17 nitrogen and oxygen atoms in total. The van der Waals surface area contributed by atoms with Crippen molar-refractivity contribution in [1.29, 1.82) is 0 Å². The van der Waals surface area contributed by atoms with Gasteiger partial charge < -0.3 is 33.8 Å². The molecule has 0 bridgehead atoms. The van der Waals surface area contributed by atoms with E-state index in [4.69, 9.17) is 37.0 Å². The Labute approximate surface area is 588 Å². The lowest BCUT2D eigenvalue weighted by Gasteiger charge is -2.21. The Morgan fingerprint density at radius 1 is 0.302 bits per heavy atom. The fourth-order valence-corrected chi connectivity index (χ4v) is 13.3. The first-order chi connectivity index (χ1) is 46.3. The van der Waals surface area contributed by atoms with Gasteiger partial charge in [0.25, 0.3) is 0 Å². The maximum absolute atomic E-state index is 13.1. The zero-order valence-electron chi connectivity index (χ0n) is 62.8. The largest absolute Gasteiger partial charge is 0.472 e. The van der Waals surface area contributed by atoms with Crippen LogP contribution in [0, 0.1) is 17.8 Å². The Kier molecular flexibility index (Phi) is 66.2. The normalized spacial score (nSPS) is 14.3. The van der Waals surface area contributed by atoms with E-state index in [9.17, 15) is 43.2 Å². The molecule has 96 heavy (non-hydrogen) atoms. The van der Waals surface area contributed by atoms with Crippen molar-refractivity contribution in [2.45, 2.75) is 414 Å². The quantitative estimate of drug-likeness (QED) is 0.0222. The second-order valence-corrected chi connectivity index (χ2v) is 31.8. The van der Waals surface area contributed by atoms with Crippen molar-refractivity contribution in [1.82, 2.24) is 0 Å². The number of unbranched alkanes of at least 4 members (excludes halogenated alkanes) is 42. The summed E-state index contributed by atoms with van der Waals surface area (Å²) >= 11 is 0. The van der Waals surface area contributed by atoms with Crippen LogP contribution in [0.15, 0.2) is 0 Å². The Hall–Kier alpha value is -1.94. The van der Waals surface area contributed by atoms with Crippen LogP contribution in [-0.2, 0) is 65.4 Å². The van der Waals surface area contributed by atoms with Crippen LogP contribution in [0.25, 0.3) is 0 Å². The second kappa shape index (κ2) is 67.5. The third-order valence-corrected chi connectivity index (χ3v) is 20.1. The van der Waals surface area contributed by atoms with Crippen LogP contribution in [0.3, 0.4) is 0 Å². The van der Waals surface area contributed by atoms with Crippen LogP contribution in [0.1, 0.15) is 395 Å². The SMILES string of the molecule is CCCCCCCCCC(=O)OC[C@H](COP(=O)(O)OC[C@H](O)COP(=O)(O)OC[C@@H](COC(=O)CCCCCCCCCCCCCCC(C)C)OC(=O)CCCCCCCCCCCCCCCCCCCCC(C)CC)OC(=O)CCCCCCCCCCCC(C)C. The predicted molar refractivity (Wildman–Crippen MR) is 391 cm³/mol. The lowest BCUT2D eigenvalue weighted by atomic mass is 9.99. The summed E-state index contributed by atoms with van der Waals surface area (Å²) in [4.78, 5) is 72.7. The van der Waals surface area contributed by atoms with Gasteiger partial charge in [-0.15, -0.1) is 0 Å². The minimum Gasteiger partial charge on any atom is -0.462 e. The molecule has 570 valence electrons. The highest BCUT2D eigenvalue weighted by Crippen LogP contribution is 2.45. The summed E-state index contributed by atoms with van der Waals surface area (Å²) in [6.07, 6.45) is 54.3. The fourth-order valence-electron chi connectivity index (χ4n) is 11.7. The van der Waals surface area contributed by atoms with Gasteiger partial charge in [0, 0.05) is 25.7 Å². The van der Waals surface area contributed by atoms with Gasteiger partial charge in [-0.25, -0.2) is 9.13 Å². The summed E-state index contributed by atoms with van der Waals surface area (Å²) < 4.78 is 68.4. The van der Waals surface area contributed by atoms with Gasteiger partial charge in [0.05, 0.1) is 26.4 Å². The van der Waals surface area contributed by atoms with Gasteiger partial charge in [-0.05, 0) is 43.4 Å². The molecule has 0 aromatic heterocycles. The summed E-state index contributed by atoms with van der Waals surface area (Å²) in [5, 5.41) is 10.6. The molecule has 0 heterocycles. The third kappa shape index (κ3) is 69.2. The minimum absolute atomic E-state index is 0.105. The number of aliphatic hydroxyl groups excluding tert-OH is 1. The van der Waals surface area contributed by atoms with E-state index in [1.54, 1.807) is 0 Å². The van der Waals surface area contributed by atoms with Crippen molar-refractivity contribution in [2.75, 3.05) is 39.6 Å². The van der Waals surface area contributed by atoms with Gasteiger partial charge >= 0.3 is 39.5 Å². The first-order valence-corrected chi connectivity index (χ1v) is 42.9. The second-order valence-electron chi connectivity index (χ2n) is 28.9. The average Bonchev–Trinajstić information content (AvgIpc) is 1.21. The highest BCUT2D eigenvalue weighted by atomic mass is 31.2. The first kappa shape index (κ1) is 94.1. The van der Waals surface area contributed by atoms with E-state index < -0.39 is 97.5 Å². The number of carbonyl (C=O) groups excluding carboxylic acids is 4. The van der Waals surface area contributed by atoms with Crippen molar-refractivity contribution >= 4 is 39.5 Å². The highest BCUT2D eigenvalue weighted by molar-refractivity contribution is 7.47. The number of hydrogen-bond acceptors (Lipinski definition) is 15. The van der Waals surface area contributed by atoms with Crippen LogP contribution in [0.2, 0.25) is 0 Å². The number of ether oxygens (including phenoxy) is 4. The average molecular weight is 1410 g/mol. The number of aliphatic hydroxyl groups is 1. The molecule has 6 atom stereocenters. The molecular weight excluding hydrogens is 1260 g/mol. The Morgan fingerprint density at radius 2 is 0.531 bits per heavy atom. The zero-order chi connectivity index (χ0) is 70.9. The molecule has 19 heteroatoms. The van der Waals surface area contributed by atoms with Gasteiger partial charge in [0.2, 0.25) is 0 Å². The molecule has 0 spiro atoms. The monoisotopic (exact) mass is 1410 g/mol. The van der Waals surface area contributed by atoms with E-state index in [0.29, 0.717) is 25.7 Å². The number of phosphoric acid groups is 2. The third-order valence-electron chi connectivity index (χ3n) is 18.2. The molecule has 3 unspecified atom stereocenters. The van der Waals surface area contributed by atoms with Crippen LogP contribution in [0.4, 0.5) is 0 Å². The smallest absolute Gasteiger partial charge is 0.462 e. The summed E-state index contributed by atoms with van der Waals surface area (Å²) in [7, 11) is -9.91. The van der Waals surface area contributed by atoms with Crippen molar-refractivity contribution in [3.05, 3.63) is 0 Å². The molecule has 3 N–H and O–H groups in total. The van der Waals surface area contributed by atoms with Gasteiger partial charge in [-0.2, -0.15) is 0 Å².